The normalized spacial score (nSPS) is 29.8. The first kappa shape index (κ1) is 17.5. The Morgan fingerprint density at radius 2 is 1.95 bits per heavy atom. The average Bonchev–Trinajstić information content (AvgIpc) is 2.76. The van der Waals surface area contributed by atoms with E-state index in [1.54, 1.807) is 4.31 Å². The lowest BCUT2D eigenvalue weighted by atomic mass is 9.92. The van der Waals surface area contributed by atoms with E-state index in [1.807, 2.05) is 0 Å². The number of hydrogen-bond acceptors (Lipinski definition) is 3. The van der Waals surface area contributed by atoms with Crippen molar-refractivity contribution in [1.29, 1.82) is 0 Å². The van der Waals surface area contributed by atoms with Crippen LogP contribution in [0.25, 0.3) is 0 Å². The predicted octanol–water partition coefficient (Wildman–Crippen LogP) is 0.965. The summed E-state index contributed by atoms with van der Waals surface area (Å²) in [4.78, 5) is 6.98. The molecule has 1 N–H and O–H groups in total. The lowest BCUT2D eigenvalue weighted by molar-refractivity contribution is 0.208. The fourth-order valence-electron chi connectivity index (χ4n) is 3.47. The molecule has 0 amide bonds. The molecule has 2 aliphatic heterocycles. The van der Waals surface area contributed by atoms with Gasteiger partial charge in [-0.15, -0.1) is 0 Å². The number of aliphatic imine (C=N–C) groups is 1. The van der Waals surface area contributed by atoms with Gasteiger partial charge in [0.25, 0.3) is 0 Å². The molecule has 0 spiro atoms. The zero-order valence-electron chi connectivity index (χ0n) is 14.1. The summed E-state index contributed by atoms with van der Waals surface area (Å²) in [6.07, 6.45) is 2.01. The van der Waals surface area contributed by atoms with Gasteiger partial charge in [-0.05, 0) is 31.6 Å². The molecule has 2 saturated heterocycles. The van der Waals surface area contributed by atoms with E-state index >= 15 is 0 Å². The summed E-state index contributed by atoms with van der Waals surface area (Å²) >= 11 is 0. The summed E-state index contributed by atoms with van der Waals surface area (Å²) in [7, 11) is -3.01. The van der Waals surface area contributed by atoms with Crippen molar-refractivity contribution in [1.82, 2.24) is 14.5 Å². The van der Waals surface area contributed by atoms with E-state index in [-0.39, 0.29) is 5.75 Å². The highest BCUT2D eigenvalue weighted by Gasteiger charge is 2.28. The Morgan fingerprint density at radius 1 is 1.27 bits per heavy atom. The van der Waals surface area contributed by atoms with Gasteiger partial charge in [0.1, 0.15) is 0 Å². The van der Waals surface area contributed by atoms with Gasteiger partial charge in [0.2, 0.25) is 10.0 Å². The lowest BCUT2D eigenvalue weighted by Gasteiger charge is -2.37. The first-order chi connectivity index (χ1) is 10.4. The largest absolute Gasteiger partial charge is 0.357 e. The fraction of sp³-hybridized carbons (Fsp3) is 0.933. The highest BCUT2D eigenvalue weighted by atomic mass is 32.2. The Bertz CT molecular complexity index is 482. The zero-order valence-corrected chi connectivity index (χ0v) is 14.9. The maximum Gasteiger partial charge on any atom is 0.214 e. The second-order valence-corrected chi connectivity index (χ2v) is 8.74. The first-order valence-corrected chi connectivity index (χ1v) is 10.0. The van der Waals surface area contributed by atoms with Gasteiger partial charge in [0.05, 0.1) is 12.3 Å². The molecule has 0 radical (unpaired) electrons. The molecule has 6 nitrogen and oxygen atoms in total. The number of piperidine rings is 1. The summed E-state index contributed by atoms with van der Waals surface area (Å²) < 4.78 is 25.2. The second kappa shape index (κ2) is 7.64. The van der Waals surface area contributed by atoms with E-state index in [9.17, 15) is 8.42 Å². The highest BCUT2D eigenvalue weighted by molar-refractivity contribution is 7.89. The number of likely N-dealkylation sites (tertiary alicyclic amines) is 1. The van der Waals surface area contributed by atoms with Crippen LogP contribution >= 0.6 is 0 Å². The van der Waals surface area contributed by atoms with Gasteiger partial charge in [-0.3, -0.25) is 4.99 Å². The number of nitrogens with zero attached hydrogens (tertiary/aromatic N) is 3. The Hall–Kier alpha value is -0.820. The molecule has 2 atom stereocenters. The van der Waals surface area contributed by atoms with Crippen LogP contribution in [0.4, 0.5) is 0 Å². The van der Waals surface area contributed by atoms with Gasteiger partial charge in [0, 0.05) is 32.7 Å². The van der Waals surface area contributed by atoms with E-state index in [4.69, 9.17) is 0 Å². The van der Waals surface area contributed by atoms with Crippen molar-refractivity contribution in [3.05, 3.63) is 0 Å². The van der Waals surface area contributed by atoms with Crippen molar-refractivity contribution in [2.24, 2.45) is 16.8 Å². The Balaban J connectivity index is 1.95. The minimum Gasteiger partial charge on any atom is -0.357 e. The Morgan fingerprint density at radius 3 is 2.50 bits per heavy atom. The molecular weight excluding hydrogens is 300 g/mol. The molecule has 0 saturated carbocycles. The predicted molar refractivity (Wildman–Crippen MR) is 90.5 cm³/mol. The van der Waals surface area contributed by atoms with Crippen LogP contribution in [-0.2, 0) is 10.0 Å². The van der Waals surface area contributed by atoms with Gasteiger partial charge in [-0.2, -0.15) is 0 Å². The monoisotopic (exact) mass is 330 g/mol. The van der Waals surface area contributed by atoms with Crippen LogP contribution < -0.4 is 5.32 Å². The van der Waals surface area contributed by atoms with Gasteiger partial charge >= 0.3 is 0 Å². The standard InChI is InChI=1S/C15H30N4O2S/c1-4-16-15(18-11-13(2)10-14(3)12-18)17-6-8-19-7-5-9-22(19,20)21/h13-14H,4-12H2,1-3H3,(H,16,17). The summed E-state index contributed by atoms with van der Waals surface area (Å²) in [5.41, 5.74) is 0. The molecule has 2 heterocycles. The molecule has 0 bridgehead atoms. The van der Waals surface area contributed by atoms with Gasteiger partial charge in [-0.1, -0.05) is 13.8 Å². The molecule has 7 heteroatoms. The molecular formula is C15H30N4O2S. The van der Waals surface area contributed by atoms with Crippen LogP contribution in [0.1, 0.15) is 33.6 Å². The van der Waals surface area contributed by atoms with Crippen LogP contribution in [0.3, 0.4) is 0 Å². The van der Waals surface area contributed by atoms with Crippen LogP contribution in [0.5, 0.6) is 0 Å². The quantitative estimate of drug-likeness (QED) is 0.616. The third kappa shape index (κ3) is 4.59. The van der Waals surface area contributed by atoms with E-state index in [1.165, 1.54) is 6.42 Å². The number of hydrogen-bond donors (Lipinski definition) is 1. The molecule has 2 aliphatic rings. The maximum absolute atomic E-state index is 11.8. The summed E-state index contributed by atoms with van der Waals surface area (Å²) in [6, 6.07) is 0. The van der Waals surface area contributed by atoms with Crippen molar-refractivity contribution >= 4 is 16.0 Å². The van der Waals surface area contributed by atoms with E-state index < -0.39 is 10.0 Å². The van der Waals surface area contributed by atoms with Crippen LogP contribution in [-0.4, -0.2) is 68.6 Å². The number of guanidine groups is 1. The van der Waals surface area contributed by atoms with Crippen LogP contribution in [0, 0.1) is 11.8 Å². The first-order valence-electron chi connectivity index (χ1n) is 8.43. The van der Waals surface area contributed by atoms with Crippen molar-refractivity contribution < 1.29 is 8.42 Å². The smallest absolute Gasteiger partial charge is 0.214 e. The summed E-state index contributed by atoms with van der Waals surface area (Å²) in [5.74, 6) is 2.56. The molecule has 2 rings (SSSR count). The van der Waals surface area contributed by atoms with Crippen LogP contribution in [0.15, 0.2) is 4.99 Å². The third-order valence-electron chi connectivity index (χ3n) is 4.32. The highest BCUT2D eigenvalue weighted by Crippen LogP contribution is 2.21. The number of nitrogens with one attached hydrogen (secondary N) is 1. The Kier molecular flexibility index (Phi) is 6.09. The van der Waals surface area contributed by atoms with Crippen molar-refractivity contribution in [2.45, 2.75) is 33.6 Å². The fourth-order valence-corrected chi connectivity index (χ4v) is 4.99. The SMILES string of the molecule is CCNC(=NCCN1CCCS1(=O)=O)N1CC(C)CC(C)C1. The van der Waals surface area contributed by atoms with Crippen molar-refractivity contribution in [3.63, 3.8) is 0 Å². The van der Waals surface area contributed by atoms with Crippen molar-refractivity contribution in [3.8, 4) is 0 Å². The summed E-state index contributed by atoms with van der Waals surface area (Å²) in [6.45, 7) is 11.2. The molecule has 2 fully saturated rings. The topological polar surface area (TPSA) is 65.0 Å². The number of sulfonamides is 1. The minimum absolute atomic E-state index is 0.290. The van der Waals surface area contributed by atoms with Crippen molar-refractivity contribution in [2.75, 3.05) is 45.0 Å². The van der Waals surface area contributed by atoms with E-state index in [0.717, 1.165) is 32.0 Å². The molecule has 128 valence electrons. The lowest BCUT2D eigenvalue weighted by Crippen LogP contribution is -2.48. The van der Waals surface area contributed by atoms with Crippen LogP contribution in [0.2, 0.25) is 0 Å². The van der Waals surface area contributed by atoms with E-state index in [2.05, 4.69) is 36.0 Å². The zero-order chi connectivity index (χ0) is 16.2. The molecule has 0 aromatic rings. The molecule has 0 aliphatic carbocycles. The Labute approximate surface area is 135 Å². The third-order valence-corrected chi connectivity index (χ3v) is 6.27. The van der Waals surface area contributed by atoms with Gasteiger partial charge in [0.15, 0.2) is 5.96 Å². The van der Waals surface area contributed by atoms with Gasteiger partial charge < -0.3 is 10.2 Å². The van der Waals surface area contributed by atoms with E-state index in [0.29, 0.717) is 31.5 Å². The van der Waals surface area contributed by atoms with Gasteiger partial charge in [-0.25, -0.2) is 12.7 Å². The summed E-state index contributed by atoms with van der Waals surface area (Å²) in [5, 5.41) is 3.35. The number of rotatable bonds is 4. The molecule has 2 unspecified atom stereocenters. The molecule has 0 aromatic heterocycles. The molecule has 22 heavy (non-hydrogen) atoms. The molecule has 0 aromatic carbocycles. The minimum atomic E-state index is -3.01. The maximum atomic E-state index is 11.8. The average molecular weight is 330 g/mol. The second-order valence-electron chi connectivity index (χ2n) is 6.66.